The van der Waals surface area contributed by atoms with Crippen LogP contribution in [0, 0.1) is 23.2 Å². The summed E-state index contributed by atoms with van der Waals surface area (Å²) < 4.78 is 0. The molecule has 3 nitrogen and oxygen atoms in total. The van der Waals surface area contributed by atoms with Gasteiger partial charge in [-0.1, -0.05) is 56.6 Å². The van der Waals surface area contributed by atoms with Crippen molar-refractivity contribution >= 4 is 0 Å². The largest absolute Gasteiger partial charge is 0.393 e. The molecule has 0 heterocycles. The molecule has 0 spiro atoms. The van der Waals surface area contributed by atoms with Gasteiger partial charge in [0.25, 0.3) is 0 Å². The van der Waals surface area contributed by atoms with Crippen LogP contribution in [-0.4, -0.2) is 33.6 Å². The number of hydrogen-bond donors (Lipinski definition) is 3. The van der Waals surface area contributed by atoms with E-state index in [0.717, 1.165) is 38.0 Å². The molecule has 0 aromatic heterocycles. The minimum atomic E-state index is -0.938. The van der Waals surface area contributed by atoms with E-state index in [4.69, 9.17) is 0 Å². The van der Waals surface area contributed by atoms with E-state index in [0.29, 0.717) is 23.7 Å². The summed E-state index contributed by atoms with van der Waals surface area (Å²) in [4.78, 5) is 0. The lowest BCUT2D eigenvalue weighted by Gasteiger charge is -2.44. The van der Waals surface area contributed by atoms with Gasteiger partial charge in [-0.3, -0.25) is 0 Å². The third kappa shape index (κ3) is 5.29. The molecular formula is C27H44O3. The molecule has 0 saturated heterocycles. The Morgan fingerprint density at radius 1 is 1.23 bits per heavy atom. The third-order valence-corrected chi connectivity index (χ3v) is 8.63. The average Bonchev–Trinajstić information content (AvgIpc) is 3.06. The maximum Gasteiger partial charge on any atom is 0.0849 e. The van der Waals surface area contributed by atoms with E-state index in [9.17, 15) is 15.3 Å². The fraction of sp³-hybridized carbons (Fsp3) is 0.778. The van der Waals surface area contributed by atoms with Crippen LogP contribution in [0.5, 0.6) is 0 Å². The normalized spacial score (nSPS) is 37.9. The van der Waals surface area contributed by atoms with Crippen LogP contribution in [0.3, 0.4) is 0 Å². The van der Waals surface area contributed by atoms with E-state index in [1.807, 2.05) is 0 Å². The molecule has 0 unspecified atom stereocenters. The van der Waals surface area contributed by atoms with E-state index >= 15 is 0 Å². The highest BCUT2D eigenvalue weighted by Gasteiger charge is 2.50. The molecule has 3 fully saturated rings. The molecule has 0 aromatic carbocycles. The minimum Gasteiger partial charge on any atom is -0.393 e. The van der Waals surface area contributed by atoms with Crippen molar-refractivity contribution < 1.29 is 15.3 Å². The lowest BCUT2D eigenvalue weighted by atomic mass is 9.60. The fourth-order valence-electron chi connectivity index (χ4n) is 6.69. The van der Waals surface area contributed by atoms with E-state index < -0.39 is 5.60 Å². The van der Waals surface area contributed by atoms with Crippen molar-refractivity contribution in [2.75, 3.05) is 6.61 Å². The molecule has 0 bridgehead atoms. The predicted molar refractivity (Wildman–Crippen MR) is 124 cm³/mol. The maximum atomic E-state index is 10.1. The first-order chi connectivity index (χ1) is 14.2. The van der Waals surface area contributed by atoms with Crippen molar-refractivity contribution in [1.29, 1.82) is 0 Å². The standard InChI is InChI=1S/C27H44O3/c1-19-9-12-23(29)17-22(19)11-10-21-8-6-16-27(4)24(13-14-25(21)27)20(2)7-5-15-26(3,30)18-28/h10-11,20,23-25,28-30H,1,5-9,12-18H2,2-4H3/b21-10-,22-11-/t20-,23+,24-,25+,26-,27-/m1/s1. The lowest BCUT2D eigenvalue weighted by Crippen LogP contribution is -2.36. The molecule has 3 aliphatic carbocycles. The molecule has 3 heteroatoms. The number of allylic oxidation sites excluding steroid dienone is 4. The van der Waals surface area contributed by atoms with Gasteiger partial charge >= 0.3 is 0 Å². The molecule has 6 atom stereocenters. The van der Waals surface area contributed by atoms with Gasteiger partial charge in [-0.2, -0.15) is 0 Å². The summed E-state index contributed by atoms with van der Waals surface area (Å²) in [6, 6.07) is 0. The van der Waals surface area contributed by atoms with Crippen LogP contribution in [0.15, 0.2) is 35.5 Å². The maximum absolute atomic E-state index is 10.1. The summed E-state index contributed by atoms with van der Waals surface area (Å²) in [7, 11) is 0. The van der Waals surface area contributed by atoms with Crippen LogP contribution in [-0.2, 0) is 0 Å². The van der Waals surface area contributed by atoms with E-state index in [1.54, 1.807) is 12.5 Å². The molecular weight excluding hydrogens is 372 g/mol. The number of fused-ring (bicyclic) bond motifs is 1. The summed E-state index contributed by atoms with van der Waals surface area (Å²) in [5, 5.41) is 29.4. The quantitative estimate of drug-likeness (QED) is 0.498. The Morgan fingerprint density at radius 2 is 2.00 bits per heavy atom. The van der Waals surface area contributed by atoms with Crippen molar-refractivity contribution in [1.82, 2.24) is 0 Å². The molecule has 0 radical (unpaired) electrons. The highest BCUT2D eigenvalue weighted by Crippen LogP contribution is 2.60. The van der Waals surface area contributed by atoms with Crippen LogP contribution in [0.4, 0.5) is 0 Å². The summed E-state index contributed by atoms with van der Waals surface area (Å²) in [6.07, 6.45) is 16.1. The van der Waals surface area contributed by atoms with Crippen molar-refractivity contribution in [3.63, 3.8) is 0 Å². The molecule has 3 rings (SSSR count). The van der Waals surface area contributed by atoms with Gasteiger partial charge in [0.15, 0.2) is 0 Å². The van der Waals surface area contributed by atoms with Crippen molar-refractivity contribution in [2.45, 2.75) is 103 Å². The summed E-state index contributed by atoms with van der Waals surface area (Å²) in [5.74, 6) is 2.07. The molecule has 170 valence electrons. The van der Waals surface area contributed by atoms with Crippen molar-refractivity contribution in [2.24, 2.45) is 23.2 Å². The second kappa shape index (κ2) is 9.71. The number of rotatable bonds is 7. The Hall–Kier alpha value is -0.900. The highest BCUT2D eigenvalue weighted by atomic mass is 16.3. The first kappa shape index (κ1) is 23.8. The zero-order valence-corrected chi connectivity index (χ0v) is 19.5. The molecule has 0 amide bonds. The van der Waals surface area contributed by atoms with Gasteiger partial charge in [-0.05, 0) is 93.5 Å². The fourth-order valence-corrected chi connectivity index (χ4v) is 6.69. The Kier molecular flexibility index (Phi) is 7.69. The Bertz CT molecular complexity index is 674. The first-order valence-corrected chi connectivity index (χ1v) is 12.3. The summed E-state index contributed by atoms with van der Waals surface area (Å²) >= 11 is 0. The zero-order chi connectivity index (χ0) is 21.9. The van der Waals surface area contributed by atoms with Gasteiger partial charge in [-0.25, -0.2) is 0 Å². The molecule has 3 aliphatic rings. The topological polar surface area (TPSA) is 60.7 Å². The minimum absolute atomic E-state index is 0.155. The molecule has 0 aliphatic heterocycles. The first-order valence-electron chi connectivity index (χ1n) is 12.3. The molecule has 30 heavy (non-hydrogen) atoms. The lowest BCUT2D eigenvalue weighted by molar-refractivity contribution is -0.00891. The van der Waals surface area contributed by atoms with E-state index in [2.05, 4.69) is 32.6 Å². The van der Waals surface area contributed by atoms with Crippen LogP contribution in [0.2, 0.25) is 0 Å². The van der Waals surface area contributed by atoms with Crippen molar-refractivity contribution in [3.8, 4) is 0 Å². The van der Waals surface area contributed by atoms with Crippen molar-refractivity contribution in [3.05, 3.63) is 35.5 Å². The van der Waals surface area contributed by atoms with Crippen LogP contribution < -0.4 is 0 Å². The Labute approximate surface area is 184 Å². The smallest absolute Gasteiger partial charge is 0.0849 e. The number of aliphatic hydroxyl groups is 3. The Balaban J connectivity index is 1.66. The van der Waals surface area contributed by atoms with Crippen LogP contribution in [0.25, 0.3) is 0 Å². The molecule has 3 N–H and O–H groups in total. The third-order valence-electron chi connectivity index (χ3n) is 8.63. The summed E-state index contributed by atoms with van der Waals surface area (Å²) in [6.45, 7) is 10.7. The zero-order valence-electron chi connectivity index (χ0n) is 19.5. The van der Waals surface area contributed by atoms with Gasteiger partial charge in [0.05, 0.1) is 18.3 Å². The second-order valence-electron chi connectivity index (χ2n) is 11.1. The van der Waals surface area contributed by atoms with Gasteiger partial charge < -0.3 is 15.3 Å². The van der Waals surface area contributed by atoms with Gasteiger partial charge in [0.2, 0.25) is 0 Å². The number of aliphatic hydroxyl groups excluding tert-OH is 2. The molecule has 3 saturated carbocycles. The second-order valence-corrected chi connectivity index (χ2v) is 11.1. The van der Waals surface area contributed by atoms with Crippen LogP contribution in [0.1, 0.15) is 91.4 Å². The SMILES string of the molecule is C=C1CC[C@H](O)C/C1=C/C=C1/CCC[C@]2(C)[C@@H]([C@H](C)CCC[C@@](C)(O)CO)CC[C@@H]12. The highest BCUT2D eigenvalue weighted by molar-refractivity contribution is 5.36. The monoisotopic (exact) mass is 416 g/mol. The van der Waals surface area contributed by atoms with Gasteiger partial charge in [0, 0.05) is 0 Å². The van der Waals surface area contributed by atoms with Crippen LogP contribution >= 0.6 is 0 Å². The number of hydrogen-bond acceptors (Lipinski definition) is 3. The average molecular weight is 417 g/mol. The van der Waals surface area contributed by atoms with E-state index in [1.165, 1.54) is 43.3 Å². The van der Waals surface area contributed by atoms with E-state index in [-0.39, 0.29) is 12.7 Å². The summed E-state index contributed by atoms with van der Waals surface area (Å²) in [5.41, 5.74) is 3.50. The van der Waals surface area contributed by atoms with Gasteiger partial charge in [-0.15, -0.1) is 0 Å². The predicted octanol–water partition coefficient (Wildman–Crippen LogP) is 5.71. The Morgan fingerprint density at radius 3 is 2.73 bits per heavy atom. The molecule has 0 aromatic rings. The van der Waals surface area contributed by atoms with Gasteiger partial charge in [0.1, 0.15) is 0 Å².